The van der Waals surface area contributed by atoms with E-state index in [1.807, 2.05) is 0 Å². The van der Waals surface area contributed by atoms with E-state index in [2.05, 4.69) is 5.32 Å². The lowest BCUT2D eigenvalue weighted by Crippen LogP contribution is -2.05. The van der Waals surface area contributed by atoms with E-state index >= 15 is 0 Å². The second kappa shape index (κ2) is 0.728. The van der Waals surface area contributed by atoms with Gasteiger partial charge < -0.3 is 11.1 Å². The Bertz CT molecular complexity index is 40.9. The van der Waals surface area contributed by atoms with E-state index in [0.29, 0.717) is 0 Å². The summed E-state index contributed by atoms with van der Waals surface area (Å²) < 4.78 is 0. The zero-order valence-electron chi connectivity index (χ0n) is 2.81. The highest BCUT2D eigenvalue weighted by atomic mass is 15.2. The van der Waals surface area contributed by atoms with Gasteiger partial charge in [-0.1, -0.05) is 0 Å². The average molecular weight is 67.9 g/mol. The summed E-state index contributed by atoms with van der Waals surface area (Å²) in [6.07, 6.45) is 0.0787. The molecule has 0 aliphatic carbocycles. The Morgan fingerprint density at radius 1 is 1.80 bits per heavy atom. The van der Waals surface area contributed by atoms with Crippen LogP contribution in [0.4, 0.5) is 0 Å². The van der Waals surface area contributed by atoms with Crippen molar-refractivity contribution in [3.63, 3.8) is 0 Å². The Morgan fingerprint density at radius 2 is 2.00 bits per heavy atom. The molecule has 0 spiro atoms. The van der Waals surface area contributed by atoms with Crippen molar-refractivity contribution in [2.24, 2.45) is 5.73 Å². The van der Waals surface area contributed by atoms with Crippen molar-refractivity contribution in [3.05, 3.63) is 0 Å². The summed E-state index contributed by atoms with van der Waals surface area (Å²) in [5, 5.41) is 2.75. The molecular formula is C2H5BN2. The minimum absolute atomic E-state index is 0.0787. The molecule has 2 atom stereocenters. The molecule has 1 rings (SSSR count). The van der Waals surface area contributed by atoms with Crippen molar-refractivity contribution in [1.82, 2.24) is 5.32 Å². The molecule has 1 heterocycles. The van der Waals surface area contributed by atoms with Crippen LogP contribution in [0.1, 0.15) is 0 Å². The van der Waals surface area contributed by atoms with E-state index in [0.717, 1.165) is 0 Å². The topological polar surface area (TPSA) is 48.0 Å². The van der Waals surface area contributed by atoms with Crippen LogP contribution in [0, 0.1) is 0 Å². The molecule has 0 aromatic carbocycles. The zero-order valence-corrected chi connectivity index (χ0v) is 2.81. The molecular weight excluding hydrogens is 62.8 g/mol. The van der Waals surface area contributed by atoms with Crippen LogP contribution in [-0.2, 0) is 0 Å². The summed E-state index contributed by atoms with van der Waals surface area (Å²) in [6, 6.07) is 0. The van der Waals surface area contributed by atoms with Gasteiger partial charge in [-0.05, 0) is 5.94 Å². The third-order valence-electron chi connectivity index (χ3n) is 0.663. The van der Waals surface area contributed by atoms with Crippen LogP contribution in [0.25, 0.3) is 0 Å². The lowest BCUT2D eigenvalue weighted by molar-refractivity contribution is 1.03. The van der Waals surface area contributed by atoms with Crippen LogP contribution >= 0.6 is 0 Å². The average Bonchev–Trinajstić information content (AvgIpc) is 1.79. The molecule has 3 N–H and O–H groups in total. The molecule has 3 heteroatoms. The van der Waals surface area contributed by atoms with Crippen LogP contribution in [0.15, 0.2) is 0 Å². The zero-order chi connectivity index (χ0) is 3.86. The molecule has 26 valence electrons. The first-order valence-electron chi connectivity index (χ1n) is 1.58. The Morgan fingerprint density at radius 3 is 2.00 bits per heavy atom. The maximum Gasteiger partial charge on any atom is 0.0947 e. The minimum atomic E-state index is 0.0787. The van der Waals surface area contributed by atoms with Crippen molar-refractivity contribution in [1.29, 1.82) is 0 Å². The maximum atomic E-state index is 5.13. The number of hydrogen-bond acceptors (Lipinski definition) is 2. The summed E-state index contributed by atoms with van der Waals surface area (Å²) in [5.74, 6) is 0.0787. The fourth-order valence-corrected chi connectivity index (χ4v) is 0.167. The number of nitrogens with one attached hydrogen (secondary N) is 1. The molecule has 5 heavy (non-hydrogen) atoms. The Hall–Kier alpha value is -0.0151. The lowest BCUT2D eigenvalue weighted by Gasteiger charge is -1.64. The molecule has 0 aromatic heterocycles. The van der Waals surface area contributed by atoms with Gasteiger partial charge in [-0.2, -0.15) is 0 Å². The molecule has 2 unspecified atom stereocenters. The molecule has 1 fully saturated rings. The molecule has 2 nitrogen and oxygen atoms in total. The molecule has 1 saturated heterocycles. The first-order valence-corrected chi connectivity index (χ1v) is 1.58. The second-order valence-corrected chi connectivity index (χ2v) is 1.22. The third kappa shape index (κ3) is 0.438. The van der Waals surface area contributed by atoms with E-state index in [4.69, 9.17) is 13.6 Å². The van der Waals surface area contributed by atoms with Crippen molar-refractivity contribution in [2.75, 3.05) is 0 Å². The largest absolute Gasteiger partial charge is 0.315 e. The SMILES string of the molecule is [B]C1NC1N. The van der Waals surface area contributed by atoms with Gasteiger partial charge in [0.15, 0.2) is 0 Å². The molecule has 1 aliphatic rings. The van der Waals surface area contributed by atoms with E-state index < -0.39 is 0 Å². The van der Waals surface area contributed by atoms with Crippen LogP contribution in [0.5, 0.6) is 0 Å². The normalized spacial score (nSPS) is 49.0. The Labute approximate surface area is 32.1 Å². The van der Waals surface area contributed by atoms with Crippen LogP contribution < -0.4 is 11.1 Å². The summed E-state index contributed by atoms with van der Waals surface area (Å²) in [5.41, 5.74) is 5.13. The predicted octanol–water partition coefficient (Wildman–Crippen LogP) is -1.63. The molecule has 0 saturated carbocycles. The highest BCUT2D eigenvalue weighted by Crippen LogP contribution is 1.94. The van der Waals surface area contributed by atoms with Gasteiger partial charge >= 0.3 is 0 Å². The highest BCUT2D eigenvalue weighted by molar-refractivity contribution is 6.14. The van der Waals surface area contributed by atoms with E-state index in [1.165, 1.54) is 0 Å². The van der Waals surface area contributed by atoms with E-state index in [9.17, 15) is 0 Å². The van der Waals surface area contributed by atoms with Crippen molar-refractivity contribution in [2.45, 2.75) is 12.1 Å². The second-order valence-electron chi connectivity index (χ2n) is 1.22. The predicted molar refractivity (Wildman–Crippen MR) is 20.7 cm³/mol. The first kappa shape index (κ1) is 3.19. The Kier molecular flexibility index (Phi) is 0.464. The molecule has 0 amide bonds. The van der Waals surface area contributed by atoms with Crippen LogP contribution in [0.2, 0.25) is 0 Å². The van der Waals surface area contributed by atoms with Gasteiger partial charge in [-0.3, -0.25) is 0 Å². The number of nitrogens with two attached hydrogens (primary N) is 1. The summed E-state index contributed by atoms with van der Waals surface area (Å²) in [7, 11) is 5.13. The minimum Gasteiger partial charge on any atom is -0.315 e. The van der Waals surface area contributed by atoms with Crippen molar-refractivity contribution < 1.29 is 0 Å². The fourth-order valence-electron chi connectivity index (χ4n) is 0.167. The van der Waals surface area contributed by atoms with E-state index in [-0.39, 0.29) is 12.1 Å². The van der Waals surface area contributed by atoms with Gasteiger partial charge in [-0.15, -0.1) is 0 Å². The number of rotatable bonds is 0. The standard InChI is InChI=1S/C2H5BN2/c3-1-2(4)5-1/h1-2,5H,4H2. The third-order valence-corrected chi connectivity index (χ3v) is 0.663. The van der Waals surface area contributed by atoms with Crippen molar-refractivity contribution >= 4 is 7.85 Å². The van der Waals surface area contributed by atoms with Gasteiger partial charge in [-0.25, -0.2) is 0 Å². The molecule has 0 aromatic rings. The van der Waals surface area contributed by atoms with Gasteiger partial charge in [0, 0.05) is 0 Å². The van der Waals surface area contributed by atoms with Crippen LogP contribution in [0.3, 0.4) is 0 Å². The van der Waals surface area contributed by atoms with Gasteiger partial charge in [0.25, 0.3) is 0 Å². The maximum absolute atomic E-state index is 5.13. The molecule has 0 bridgehead atoms. The first-order chi connectivity index (χ1) is 2.30. The quantitative estimate of drug-likeness (QED) is 0.264. The summed E-state index contributed by atoms with van der Waals surface area (Å²) >= 11 is 0. The fraction of sp³-hybridized carbons (Fsp3) is 1.00. The Balaban J connectivity index is 2.20. The molecule has 1 aliphatic heterocycles. The lowest BCUT2D eigenvalue weighted by atomic mass is 10.1. The summed E-state index contributed by atoms with van der Waals surface area (Å²) in [6.45, 7) is 0. The molecule has 2 radical (unpaired) electrons. The van der Waals surface area contributed by atoms with Gasteiger partial charge in [0.1, 0.15) is 0 Å². The summed E-state index contributed by atoms with van der Waals surface area (Å²) in [4.78, 5) is 0. The van der Waals surface area contributed by atoms with Crippen LogP contribution in [-0.4, -0.2) is 20.0 Å². The monoisotopic (exact) mass is 68.1 g/mol. The number of hydrogen-bond donors (Lipinski definition) is 2. The van der Waals surface area contributed by atoms with Crippen molar-refractivity contribution in [3.8, 4) is 0 Å². The highest BCUT2D eigenvalue weighted by Gasteiger charge is 2.24. The van der Waals surface area contributed by atoms with Gasteiger partial charge in [0.2, 0.25) is 0 Å². The van der Waals surface area contributed by atoms with Gasteiger partial charge in [0.05, 0.1) is 14.0 Å². The van der Waals surface area contributed by atoms with E-state index in [1.54, 1.807) is 0 Å². The smallest absolute Gasteiger partial charge is 0.0947 e.